The Morgan fingerprint density at radius 3 is 2.44 bits per heavy atom. The number of hydrogen-bond donors (Lipinski definition) is 1. The Bertz CT molecular complexity index is 357. The van der Waals surface area contributed by atoms with Gasteiger partial charge in [-0.25, -0.2) is 0 Å². The maximum Gasteiger partial charge on any atom is 0.157 e. The molecule has 1 aromatic rings. The lowest BCUT2D eigenvalue weighted by Gasteiger charge is -2.22. The fraction of sp³-hybridized carbons (Fsp3) is 0.417. The lowest BCUT2D eigenvalue weighted by Crippen LogP contribution is -2.75. The summed E-state index contributed by atoms with van der Waals surface area (Å²) in [5, 5.41) is 10.9. The average Bonchev–Trinajstić information content (AvgIpc) is 2.26. The van der Waals surface area contributed by atoms with Crippen molar-refractivity contribution in [3.63, 3.8) is 0 Å². The molecule has 1 aromatic carbocycles. The van der Waals surface area contributed by atoms with Crippen molar-refractivity contribution in [1.82, 2.24) is 0 Å². The third-order valence-electron chi connectivity index (χ3n) is 2.41. The van der Waals surface area contributed by atoms with Gasteiger partial charge in [0.05, 0.1) is 6.61 Å². The number of carboxylic acids is 1. The molecule has 0 unspecified atom stereocenters. The predicted octanol–water partition coefficient (Wildman–Crippen LogP) is -0.318. The van der Waals surface area contributed by atoms with Gasteiger partial charge in [0.1, 0.15) is 11.7 Å². The van der Waals surface area contributed by atoms with Gasteiger partial charge in [0.25, 0.3) is 0 Å². The molecule has 0 amide bonds. The van der Waals surface area contributed by atoms with E-state index in [1.54, 1.807) is 24.3 Å². The van der Waals surface area contributed by atoms with E-state index in [1.165, 1.54) is 6.92 Å². The first kappa shape index (κ1) is 12.5. The molecule has 4 heteroatoms. The summed E-state index contributed by atoms with van der Waals surface area (Å²) >= 11 is 0. The summed E-state index contributed by atoms with van der Waals surface area (Å²) < 4.78 is 5.40. The smallest absolute Gasteiger partial charge is 0.157 e. The molecule has 0 bridgehead atoms. The number of rotatable bonds is 5. The molecule has 4 nitrogen and oxygen atoms in total. The average molecular weight is 223 g/mol. The molecule has 3 N–H and O–H groups in total. The highest BCUT2D eigenvalue weighted by Crippen LogP contribution is 2.19. The Labute approximate surface area is 95.0 Å². The monoisotopic (exact) mass is 223 g/mol. The fourth-order valence-corrected chi connectivity index (χ4v) is 1.26. The first-order valence-electron chi connectivity index (χ1n) is 5.28. The molecule has 1 rings (SSSR count). The molecule has 0 saturated carbocycles. The SMILES string of the molecule is CCCOc1ccc([C@](C)([NH3+])C(=O)[O-])cc1. The molecule has 0 aliphatic rings. The first-order chi connectivity index (χ1) is 7.48. The standard InChI is InChI=1S/C12H17NO3/c1-3-8-16-10-6-4-9(5-7-10)12(2,13)11(14)15/h4-7H,3,8,13H2,1-2H3,(H,14,15)/t12-/m0/s1. The second kappa shape index (κ2) is 4.99. The molecule has 0 spiro atoms. The largest absolute Gasteiger partial charge is 0.543 e. The first-order valence-corrected chi connectivity index (χ1v) is 5.28. The Morgan fingerprint density at radius 2 is 2.00 bits per heavy atom. The maximum absolute atomic E-state index is 10.9. The number of carbonyl (C=O) groups excluding carboxylic acids is 1. The summed E-state index contributed by atoms with van der Waals surface area (Å²) in [7, 11) is 0. The summed E-state index contributed by atoms with van der Waals surface area (Å²) in [5.74, 6) is -0.450. The molecule has 0 aliphatic heterocycles. The molecular weight excluding hydrogens is 206 g/mol. The van der Waals surface area contributed by atoms with Gasteiger partial charge in [0.15, 0.2) is 5.54 Å². The van der Waals surface area contributed by atoms with E-state index in [2.05, 4.69) is 5.73 Å². The molecular formula is C12H17NO3. The maximum atomic E-state index is 10.9. The second-order valence-electron chi connectivity index (χ2n) is 3.99. The van der Waals surface area contributed by atoms with Crippen molar-refractivity contribution < 1.29 is 20.4 Å². The minimum atomic E-state index is -1.22. The lowest BCUT2D eigenvalue weighted by atomic mass is 9.93. The van der Waals surface area contributed by atoms with Crippen LogP contribution in [0.15, 0.2) is 24.3 Å². The number of aliphatic carboxylic acids is 1. The van der Waals surface area contributed by atoms with E-state index in [0.29, 0.717) is 12.2 Å². The van der Waals surface area contributed by atoms with Gasteiger partial charge in [-0.1, -0.05) is 6.92 Å². The van der Waals surface area contributed by atoms with Crippen LogP contribution in [0.25, 0.3) is 0 Å². The van der Waals surface area contributed by atoms with Crippen LogP contribution < -0.4 is 15.6 Å². The number of carboxylic acid groups (broad SMARTS) is 1. The van der Waals surface area contributed by atoms with Crippen LogP contribution >= 0.6 is 0 Å². The van der Waals surface area contributed by atoms with E-state index in [4.69, 9.17) is 4.74 Å². The Kier molecular flexibility index (Phi) is 3.90. The Hall–Kier alpha value is -1.55. The zero-order valence-corrected chi connectivity index (χ0v) is 9.66. The summed E-state index contributed by atoms with van der Waals surface area (Å²) in [4.78, 5) is 10.9. The highest BCUT2D eigenvalue weighted by molar-refractivity contribution is 5.76. The van der Waals surface area contributed by atoms with Crippen LogP contribution in [0.2, 0.25) is 0 Å². The van der Waals surface area contributed by atoms with Crippen LogP contribution in [0.5, 0.6) is 5.75 Å². The number of hydrogen-bond acceptors (Lipinski definition) is 3. The van der Waals surface area contributed by atoms with E-state index < -0.39 is 11.5 Å². The van der Waals surface area contributed by atoms with Crippen LogP contribution in [-0.4, -0.2) is 12.6 Å². The minimum Gasteiger partial charge on any atom is -0.543 e. The van der Waals surface area contributed by atoms with Gasteiger partial charge >= 0.3 is 0 Å². The van der Waals surface area contributed by atoms with Crippen LogP contribution in [0.4, 0.5) is 0 Å². The normalized spacial score (nSPS) is 14.2. The topological polar surface area (TPSA) is 77.0 Å². The van der Waals surface area contributed by atoms with E-state index in [0.717, 1.165) is 12.2 Å². The molecule has 0 saturated heterocycles. The van der Waals surface area contributed by atoms with Crippen molar-refractivity contribution in [1.29, 1.82) is 0 Å². The third kappa shape index (κ3) is 2.73. The van der Waals surface area contributed by atoms with Crippen molar-refractivity contribution >= 4 is 5.97 Å². The molecule has 1 atom stereocenters. The molecule has 0 aromatic heterocycles. The molecule has 88 valence electrons. The molecule has 0 fully saturated rings. The molecule has 0 heterocycles. The van der Waals surface area contributed by atoms with Gasteiger partial charge in [-0.05, 0) is 30.7 Å². The molecule has 0 radical (unpaired) electrons. The van der Waals surface area contributed by atoms with Crippen molar-refractivity contribution in [3.05, 3.63) is 29.8 Å². The third-order valence-corrected chi connectivity index (χ3v) is 2.41. The van der Waals surface area contributed by atoms with Gasteiger partial charge in [-0.2, -0.15) is 0 Å². The number of quaternary nitrogens is 1. The van der Waals surface area contributed by atoms with E-state index in [1.807, 2.05) is 6.92 Å². The number of ether oxygens (including phenoxy) is 1. The summed E-state index contributed by atoms with van der Waals surface area (Å²) in [5.41, 5.74) is 3.02. The van der Waals surface area contributed by atoms with Gasteiger partial charge < -0.3 is 20.4 Å². The summed E-state index contributed by atoms with van der Waals surface area (Å²) in [6, 6.07) is 6.90. The Morgan fingerprint density at radius 1 is 1.44 bits per heavy atom. The van der Waals surface area contributed by atoms with E-state index >= 15 is 0 Å². The summed E-state index contributed by atoms with van der Waals surface area (Å²) in [6.07, 6.45) is 0.938. The number of benzene rings is 1. The Balaban J connectivity index is 2.82. The van der Waals surface area contributed by atoms with Gasteiger partial charge in [0.2, 0.25) is 0 Å². The highest BCUT2D eigenvalue weighted by Gasteiger charge is 2.26. The van der Waals surface area contributed by atoms with Crippen molar-refractivity contribution in [2.75, 3.05) is 6.61 Å². The quantitative estimate of drug-likeness (QED) is 0.743. The van der Waals surface area contributed by atoms with Gasteiger partial charge in [0, 0.05) is 12.5 Å². The second-order valence-corrected chi connectivity index (χ2v) is 3.99. The van der Waals surface area contributed by atoms with Crippen molar-refractivity contribution in [2.45, 2.75) is 25.8 Å². The predicted molar refractivity (Wildman–Crippen MR) is 57.5 cm³/mol. The lowest BCUT2D eigenvalue weighted by molar-refractivity contribution is -0.489. The van der Waals surface area contributed by atoms with Crippen LogP contribution in [0.3, 0.4) is 0 Å². The fourth-order valence-electron chi connectivity index (χ4n) is 1.26. The van der Waals surface area contributed by atoms with Crippen molar-refractivity contribution in [3.8, 4) is 5.75 Å². The minimum absolute atomic E-state index is 0.608. The number of carbonyl (C=O) groups is 1. The molecule has 16 heavy (non-hydrogen) atoms. The van der Waals surface area contributed by atoms with E-state index in [9.17, 15) is 9.90 Å². The molecule has 0 aliphatic carbocycles. The van der Waals surface area contributed by atoms with E-state index in [-0.39, 0.29) is 0 Å². The van der Waals surface area contributed by atoms with Gasteiger partial charge in [-0.15, -0.1) is 0 Å². The zero-order valence-electron chi connectivity index (χ0n) is 9.66. The summed E-state index contributed by atoms with van der Waals surface area (Å²) in [6.45, 7) is 4.20. The van der Waals surface area contributed by atoms with Crippen LogP contribution in [0.1, 0.15) is 25.8 Å². The van der Waals surface area contributed by atoms with Gasteiger partial charge in [-0.3, -0.25) is 0 Å². The van der Waals surface area contributed by atoms with Crippen molar-refractivity contribution in [2.24, 2.45) is 0 Å². The van der Waals surface area contributed by atoms with Crippen LogP contribution in [0, 0.1) is 0 Å². The zero-order chi connectivity index (χ0) is 12.2. The highest BCUT2D eigenvalue weighted by atomic mass is 16.5. The van der Waals surface area contributed by atoms with Crippen LogP contribution in [-0.2, 0) is 10.3 Å².